The number of rotatable bonds is 5. The van der Waals surface area contributed by atoms with Crippen molar-refractivity contribution in [2.45, 2.75) is 32.3 Å². The standard InChI is InChI=1S/C20H23BrN2O3/c1-14-11-17(12-20(25)22(14)2)26-16-9-10-23(13-16)19(24)8-7-15-5-3-4-6-18(15)21/h3-6,11-12,16H,7-10,13H2,1-2H3. The predicted octanol–water partition coefficient (Wildman–Crippen LogP) is 3.07. The van der Waals surface area contributed by atoms with Crippen molar-refractivity contribution < 1.29 is 9.53 Å². The Morgan fingerprint density at radius 2 is 2.08 bits per heavy atom. The zero-order valence-electron chi connectivity index (χ0n) is 15.1. The summed E-state index contributed by atoms with van der Waals surface area (Å²) in [5.74, 6) is 0.727. The highest BCUT2D eigenvalue weighted by Gasteiger charge is 2.27. The number of halogens is 1. The molecule has 1 fully saturated rings. The highest BCUT2D eigenvalue weighted by atomic mass is 79.9. The molecule has 1 atom stereocenters. The molecule has 1 aromatic carbocycles. The van der Waals surface area contributed by atoms with Crippen LogP contribution in [0, 0.1) is 6.92 Å². The monoisotopic (exact) mass is 418 g/mol. The summed E-state index contributed by atoms with van der Waals surface area (Å²) in [5.41, 5.74) is 1.91. The fraction of sp³-hybridized carbons (Fsp3) is 0.400. The lowest BCUT2D eigenvalue weighted by molar-refractivity contribution is -0.130. The summed E-state index contributed by atoms with van der Waals surface area (Å²) >= 11 is 3.52. The van der Waals surface area contributed by atoms with Gasteiger partial charge >= 0.3 is 0 Å². The minimum Gasteiger partial charge on any atom is -0.488 e. The molecule has 1 aliphatic rings. The van der Waals surface area contributed by atoms with E-state index in [0.717, 1.165) is 28.6 Å². The van der Waals surface area contributed by atoms with E-state index in [0.29, 0.717) is 25.3 Å². The number of hydrogen-bond acceptors (Lipinski definition) is 3. The highest BCUT2D eigenvalue weighted by Crippen LogP contribution is 2.21. The van der Waals surface area contributed by atoms with E-state index in [2.05, 4.69) is 15.9 Å². The topological polar surface area (TPSA) is 51.5 Å². The molecule has 1 aromatic heterocycles. The van der Waals surface area contributed by atoms with E-state index in [1.54, 1.807) is 11.6 Å². The fourth-order valence-corrected chi connectivity index (χ4v) is 3.63. The lowest BCUT2D eigenvalue weighted by Gasteiger charge is -2.18. The zero-order chi connectivity index (χ0) is 18.7. The highest BCUT2D eigenvalue weighted by molar-refractivity contribution is 9.10. The van der Waals surface area contributed by atoms with Crippen LogP contribution in [0.4, 0.5) is 0 Å². The van der Waals surface area contributed by atoms with Crippen LogP contribution in [0.15, 0.2) is 45.7 Å². The van der Waals surface area contributed by atoms with Gasteiger partial charge in [0.25, 0.3) is 5.56 Å². The van der Waals surface area contributed by atoms with E-state index < -0.39 is 0 Å². The molecule has 0 bridgehead atoms. The van der Waals surface area contributed by atoms with Crippen molar-refractivity contribution in [1.29, 1.82) is 0 Å². The third-order valence-corrected chi connectivity index (χ3v) is 5.62. The molecular formula is C20H23BrN2O3. The summed E-state index contributed by atoms with van der Waals surface area (Å²) in [4.78, 5) is 26.2. The maximum atomic E-state index is 12.5. The second kappa shape index (κ2) is 8.08. The van der Waals surface area contributed by atoms with Gasteiger partial charge in [0, 0.05) is 42.7 Å². The van der Waals surface area contributed by atoms with Gasteiger partial charge in [-0.2, -0.15) is 0 Å². The van der Waals surface area contributed by atoms with Gasteiger partial charge in [0.15, 0.2) is 0 Å². The van der Waals surface area contributed by atoms with Crippen molar-refractivity contribution in [2.24, 2.45) is 7.05 Å². The third-order valence-electron chi connectivity index (χ3n) is 4.84. The van der Waals surface area contributed by atoms with Crippen LogP contribution in [0.1, 0.15) is 24.1 Å². The van der Waals surface area contributed by atoms with Crippen LogP contribution in [-0.4, -0.2) is 34.6 Å². The molecule has 1 amide bonds. The van der Waals surface area contributed by atoms with Crippen molar-refractivity contribution in [3.8, 4) is 5.75 Å². The molecule has 0 aliphatic carbocycles. The number of aryl methyl sites for hydroxylation is 2. The van der Waals surface area contributed by atoms with Gasteiger partial charge in [-0.05, 0) is 31.0 Å². The molecule has 0 N–H and O–H groups in total. The van der Waals surface area contributed by atoms with Gasteiger partial charge in [0.05, 0.1) is 6.54 Å². The van der Waals surface area contributed by atoms with E-state index in [1.807, 2.05) is 42.2 Å². The zero-order valence-corrected chi connectivity index (χ0v) is 16.7. The van der Waals surface area contributed by atoms with E-state index in [4.69, 9.17) is 4.74 Å². The molecule has 3 rings (SSSR count). The Bertz CT molecular complexity index is 862. The second-order valence-corrected chi connectivity index (χ2v) is 7.54. The van der Waals surface area contributed by atoms with Crippen molar-refractivity contribution in [3.05, 3.63) is 62.5 Å². The molecule has 0 saturated carbocycles. The first-order valence-corrected chi connectivity index (χ1v) is 9.59. The molecule has 5 nitrogen and oxygen atoms in total. The molecule has 2 aromatic rings. The normalized spacial score (nSPS) is 16.7. The SMILES string of the molecule is Cc1cc(OC2CCN(C(=O)CCc3ccccc3Br)C2)cc(=O)n1C. The van der Waals surface area contributed by atoms with Crippen molar-refractivity contribution in [2.75, 3.05) is 13.1 Å². The van der Waals surface area contributed by atoms with E-state index in [1.165, 1.54) is 6.07 Å². The number of ether oxygens (including phenoxy) is 1. The minimum absolute atomic E-state index is 0.0612. The maximum Gasteiger partial charge on any atom is 0.254 e. The Hall–Kier alpha value is -2.08. The Balaban J connectivity index is 1.54. The van der Waals surface area contributed by atoms with Crippen LogP contribution >= 0.6 is 15.9 Å². The first kappa shape index (κ1) is 18.7. The molecule has 1 unspecified atom stereocenters. The molecule has 1 aliphatic heterocycles. The molecule has 26 heavy (non-hydrogen) atoms. The number of aromatic nitrogens is 1. The summed E-state index contributed by atoms with van der Waals surface area (Å²) < 4.78 is 8.56. The predicted molar refractivity (Wildman–Crippen MR) is 104 cm³/mol. The Labute approximate surface area is 161 Å². The summed E-state index contributed by atoms with van der Waals surface area (Å²) in [6.07, 6.45) is 1.93. The lowest BCUT2D eigenvalue weighted by Crippen LogP contribution is -2.31. The number of hydrogen-bond donors (Lipinski definition) is 0. The van der Waals surface area contributed by atoms with Crippen LogP contribution in [0.2, 0.25) is 0 Å². The Morgan fingerprint density at radius 3 is 2.81 bits per heavy atom. The van der Waals surface area contributed by atoms with Crippen LogP contribution in [0.5, 0.6) is 5.75 Å². The van der Waals surface area contributed by atoms with Gasteiger partial charge in [0.2, 0.25) is 5.91 Å². The summed E-state index contributed by atoms with van der Waals surface area (Å²) in [7, 11) is 1.74. The van der Waals surface area contributed by atoms with Crippen molar-refractivity contribution in [3.63, 3.8) is 0 Å². The number of likely N-dealkylation sites (tertiary alicyclic amines) is 1. The van der Waals surface area contributed by atoms with Crippen LogP contribution in [0.3, 0.4) is 0 Å². The van der Waals surface area contributed by atoms with Crippen molar-refractivity contribution >= 4 is 21.8 Å². The van der Waals surface area contributed by atoms with E-state index in [-0.39, 0.29) is 17.6 Å². The number of pyridine rings is 1. The average molecular weight is 419 g/mol. The number of amides is 1. The lowest BCUT2D eigenvalue weighted by atomic mass is 10.1. The third kappa shape index (κ3) is 4.36. The van der Waals surface area contributed by atoms with Crippen LogP contribution in [-0.2, 0) is 18.3 Å². The first-order valence-electron chi connectivity index (χ1n) is 8.79. The molecule has 1 saturated heterocycles. The molecule has 6 heteroatoms. The van der Waals surface area contributed by atoms with E-state index >= 15 is 0 Å². The molecule has 0 spiro atoms. The van der Waals surface area contributed by atoms with Gasteiger partial charge in [-0.15, -0.1) is 0 Å². The Morgan fingerprint density at radius 1 is 1.31 bits per heavy atom. The van der Waals surface area contributed by atoms with Gasteiger partial charge in [-0.3, -0.25) is 9.59 Å². The largest absolute Gasteiger partial charge is 0.488 e. The summed E-state index contributed by atoms with van der Waals surface area (Å²) in [6, 6.07) is 11.3. The van der Waals surface area contributed by atoms with Gasteiger partial charge in [-0.25, -0.2) is 0 Å². The van der Waals surface area contributed by atoms with Gasteiger partial charge < -0.3 is 14.2 Å². The summed E-state index contributed by atoms with van der Waals surface area (Å²) in [6.45, 7) is 3.15. The van der Waals surface area contributed by atoms with Gasteiger partial charge in [0.1, 0.15) is 11.9 Å². The molecule has 138 valence electrons. The minimum atomic E-state index is -0.0839. The van der Waals surface area contributed by atoms with E-state index in [9.17, 15) is 9.59 Å². The fourth-order valence-electron chi connectivity index (χ4n) is 3.15. The van der Waals surface area contributed by atoms with Gasteiger partial charge in [-0.1, -0.05) is 34.1 Å². The average Bonchev–Trinajstić information content (AvgIpc) is 3.07. The first-order chi connectivity index (χ1) is 12.4. The second-order valence-electron chi connectivity index (χ2n) is 6.69. The molecule has 2 heterocycles. The van der Waals surface area contributed by atoms with Crippen LogP contribution in [0.25, 0.3) is 0 Å². The number of nitrogens with zero attached hydrogens (tertiary/aromatic N) is 2. The van der Waals surface area contributed by atoms with Crippen LogP contribution < -0.4 is 10.3 Å². The summed E-state index contributed by atoms with van der Waals surface area (Å²) in [5, 5.41) is 0. The Kier molecular flexibility index (Phi) is 5.81. The number of carbonyl (C=O) groups excluding carboxylic acids is 1. The molecule has 0 radical (unpaired) electrons. The number of benzene rings is 1. The maximum absolute atomic E-state index is 12.5. The number of carbonyl (C=O) groups is 1. The van der Waals surface area contributed by atoms with Crippen molar-refractivity contribution in [1.82, 2.24) is 9.47 Å². The quantitative estimate of drug-likeness (QED) is 0.749. The molecular weight excluding hydrogens is 396 g/mol. The smallest absolute Gasteiger partial charge is 0.254 e.